The van der Waals surface area contributed by atoms with Crippen LogP contribution in [-0.2, 0) is 0 Å². The van der Waals surface area contributed by atoms with Crippen molar-refractivity contribution >= 4 is 58.4 Å². The highest BCUT2D eigenvalue weighted by Gasteiger charge is 2.13. The summed E-state index contributed by atoms with van der Waals surface area (Å²) in [7, 11) is 0. The Labute approximate surface area is 459 Å². The molecule has 0 radical (unpaired) electrons. The van der Waals surface area contributed by atoms with E-state index >= 15 is 0 Å². The molecule has 0 bridgehead atoms. The van der Waals surface area contributed by atoms with Gasteiger partial charge in [0.1, 0.15) is 0 Å². The molecular formula is C78H56. The lowest BCUT2D eigenvalue weighted by Gasteiger charge is -2.13. The second-order valence-corrected chi connectivity index (χ2v) is 19.6. The van der Waals surface area contributed by atoms with Crippen LogP contribution in [0.15, 0.2) is 303 Å². The van der Waals surface area contributed by atoms with Crippen molar-refractivity contribution < 1.29 is 0 Å². The summed E-state index contributed by atoms with van der Waals surface area (Å²) in [6, 6.07) is 109. The molecule has 0 aliphatic carbocycles. The topological polar surface area (TPSA) is 0 Å². The molecule has 0 saturated heterocycles. The molecular weight excluding hydrogens is 937 g/mol. The van der Waals surface area contributed by atoms with Crippen molar-refractivity contribution in [2.45, 2.75) is 0 Å². The Morgan fingerprint density at radius 2 is 0.474 bits per heavy atom. The van der Waals surface area contributed by atoms with Crippen LogP contribution < -0.4 is 0 Å². The third-order valence-corrected chi connectivity index (χ3v) is 14.7. The van der Waals surface area contributed by atoms with Gasteiger partial charge in [0.05, 0.1) is 0 Å². The van der Waals surface area contributed by atoms with E-state index in [1.165, 1.54) is 60.8 Å². The number of rotatable bonds is 14. The summed E-state index contributed by atoms with van der Waals surface area (Å²) in [5.74, 6) is 0. The largest absolute Gasteiger partial charge is 0.0622 e. The average molecular weight is 993 g/mol. The van der Waals surface area contributed by atoms with Crippen LogP contribution in [0.3, 0.4) is 0 Å². The second-order valence-electron chi connectivity index (χ2n) is 19.6. The molecule has 0 unspecified atom stereocenters. The van der Waals surface area contributed by atoms with E-state index in [0.717, 1.165) is 61.2 Å². The van der Waals surface area contributed by atoms with E-state index in [9.17, 15) is 0 Å². The predicted molar refractivity (Wildman–Crippen MR) is 336 cm³/mol. The van der Waals surface area contributed by atoms with Gasteiger partial charge in [0.25, 0.3) is 0 Å². The van der Waals surface area contributed by atoms with Crippen molar-refractivity contribution in [2.24, 2.45) is 0 Å². The second kappa shape index (κ2) is 23.2. The zero-order chi connectivity index (χ0) is 52.3. The summed E-state index contributed by atoms with van der Waals surface area (Å²) >= 11 is 0. The maximum absolute atomic E-state index is 2.35. The van der Waals surface area contributed by atoms with Gasteiger partial charge in [0.15, 0.2) is 0 Å². The van der Waals surface area contributed by atoms with E-state index in [4.69, 9.17) is 0 Å². The standard InChI is InChI=1S/C78H56/c1-5-19-57(20-6-1)63-34-43-69(44-35-63)77(70-45-36-64(37-46-70)58-21-7-2-8-22-58)55-73-30-15-13-27-61(73)33-42-68-52-51-67-29-17-18-32-75(67)76(68)54-53-62-28-14-16-31-74(62)56-78(71-47-38-65(39-48-71)59-23-9-3-10-24-59)72-49-40-66(41-50-72)60-25-11-4-12-26-60/h1-56H. The summed E-state index contributed by atoms with van der Waals surface area (Å²) in [6.07, 6.45) is 13.9. The van der Waals surface area contributed by atoms with Gasteiger partial charge in [0, 0.05) is 0 Å². The van der Waals surface area contributed by atoms with Gasteiger partial charge < -0.3 is 0 Å². The normalized spacial score (nSPS) is 11.2. The highest BCUT2D eigenvalue weighted by atomic mass is 14.2. The van der Waals surface area contributed by atoms with Crippen LogP contribution in [0.25, 0.3) is 103 Å². The van der Waals surface area contributed by atoms with E-state index in [0.29, 0.717) is 0 Å². The molecule has 12 rings (SSSR count). The van der Waals surface area contributed by atoms with Crippen LogP contribution in [-0.4, -0.2) is 0 Å². The molecule has 368 valence electrons. The summed E-state index contributed by atoms with van der Waals surface area (Å²) in [5.41, 5.74) is 23.4. The van der Waals surface area contributed by atoms with Gasteiger partial charge in [-0.2, -0.15) is 0 Å². The Hall–Kier alpha value is -10.1. The highest BCUT2D eigenvalue weighted by Crippen LogP contribution is 2.35. The molecule has 0 saturated carbocycles. The van der Waals surface area contributed by atoms with Gasteiger partial charge in [-0.1, -0.05) is 328 Å². The first kappa shape index (κ1) is 48.8. The lowest BCUT2D eigenvalue weighted by Crippen LogP contribution is -1.91. The van der Waals surface area contributed by atoms with Crippen LogP contribution in [0.5, 0.6) is 0 Å². The zero-order valence-electron chi connectivity index (χ0n) is 43.3. The molecule has 0 atom stereocenters. The van der Waals surface area contributed by atoms with Crippen LogP contribution in [0.4, 0.5) is 0 Å². The molecule has 0 aliphatic rings. The van der Waals surface area contributed by atoms with Crippen molar-refractivity contribution in [3.63, 3.8) is 0 Å². The first-order valence-corrected chi connectivity index (χ1v) is 26.8. The van der Waals surface area contributed by atoms with Crippen molar-refractivity contribution in [1.82, 2.24) is 0 Å². The summed E-state index contributed by atoms with van der Waals surface area (Å²) in [5, 5.41) is 2.40. The summed E-state index contributed by atoms with van der Waals surface area (Å²) in [6.45, 7) is 0. The maximum atomic E-state index is 2.35. The van der Waals surface area contributed by atoms with Gasteiger partial charge in [-0.15, -0.1) is 0 Å². The van der Waals surface area contributed by atoms with Crippen molar-refractivity contribution in [1.29, 1.82) is 0 Å². The molecule has 0 N–H and O–H groups in total. The van der Waals surface area contributed by atoms with Crippen LogP contribution >= 0.6 is 0 Å². The van der Waals surface area contributed by atoms with E-state index < -0.39 is 0 Å². The molecule has 0 amide bonds. The minimum Gasteiger partial charge on any atom is -0.0622 e. The van der Waals surface area contributed by atoms with Gasteiger partial charge in [0.2, 0.25) is 0 Å². The molecule has 0 aromatic heterocycles. The fourth-order valence-electron chi connectivity index (χ4n) is 10.5. The minimum absolute atomic E-state index is 1.14. The lowest BCUT2D eigenvalue weighted by atomic mass is 9.91. The number of hydrogen-bond donors (Lipinski definition) is 0. The third kappa shape index (κ3) is 11.1. The molecule has 0 spiro atoms. The molecule has 0 aliphatic heterocycles. The van der Waals surface area contributed by atoms with Crippen molar-refractivity contribution in [3.8, 4) is 44.5 Å². The highest BCUT2D eigenvalue weighted by molar-refractivity contribution is 6.00. The molecule has 78 heavy (non-hydrogen) atoms. The van der Waals surface area contributed by atoms with Gasteiger partial charge in [-0.05, 0) is 134 Å². The lowest BCUT2D eigenvalue weighted by molar-refractivity contribution is 1.53. The maximum Gasteiger partial charge on any atom is -0.0105 e. The van der Waals surface area contributed by atoms with E-state index in [-0.39, 0.29) is 0 Å². The molecule has 0 nitrogen and oxygen atoms in total. The minimum atomic E-state index is 1.14. The van der Waals surface area contributed by atoms with Gasteiger partial charge >= 0.3 is 0 Å². The van der Waals surface area contributed by atoms with E-state index in [1.54, 1.807) is 0 Å². The molecule has 12 aromatic carbocycles. The quantitative estimate of drug-likeness (QED) is 0.0953. The Morgan fingerprint density at radius 1 is 0.192 bits per heavy atom. The predicted octanol–water partition coefficient (Wildman–Crippen LogP) is 21.0. The van der Waals surface area contributed by atoms with E-state index in [1.807, 2.05) is 0 Å². The fourth-order valence-corrected chi connectivity index (χ4v) is 10.5. The van der Waals surface area contributed by atoms with Gasteiger partial charge in [-0.25, -0.2) is 0 Å². The SMILES string of the molecule is C(=Cc1ccc2ccccc2c1C=Cc1ccccc1C=C(c1ccc(-c2ccccc2)cc1)c1ccc(-c2ccccc2)cc1)c1ccccc1C=C(c1ccc(-c2ccccc2)cc1)c1ccc(-c2ccccc2)cc1. The molecule has 0 heteroatoms. The Kier molecular flexibility index (Phi) is 14.5. The Bertz CT molecular complexity index is 3920. The Morgan fingerprint density at radius 3 is 0.846 bits per heavy atom. The third-order valence-electron chi connectivity index (χ3n) is 14.7. The molecule has 0 fully saturated rings. The average Bonchev–Trinajstić information content (AvgIpc) is 3.52. The monoisotopic (exact) mass is 992 g/mol. The van der Waals surface area contributed by atoms with Crippen LogP contribution in [0, 0.1) is 0 Å². The smallest absolute Gasteiger partial charge is 0.0105 e. The first-order chi connectivity index (χ1) is 38.7. The first-order valence-electron chi connectivity index (χ1n) is 26.8. The number of fused-ring (bicyclic) bond motifs is 1. The summed E-state index contributed by atoms with van der Waals surface area (Å²) in [4.78, 5) is 0. The number of benzene rings is 12. The molecule has 0 heterocycles. The zero-order valence-corrected chi connectivity index (χ0v) is 43.3. The van der Waals surface area contributed by atoms with Crippen LogP contribution in [0.1, 0.15) is 55.6 Å². The fraction of sp³-hybridized carbons (Fsp3) is 0. The Balaban J connectivity index is 0.908. The van der Waals surface area contributed by atoms with Crippen LogP contribution in [0.2, 0.25) is 0 Å². The summed E-state index contributed by atoms with van der Waals surface area (Å²) < 4.78 is 0. The molecule has 12 aromatic rings. The van der Waals surface area contributed by atoms with Gasteiger partial charge in [-0.3, -0.25) is 0 Å². The number of hydrogen-bond acceptors (Lipinski definition) is 0. The van der Waals surface area contributed by atoms with Crippen molar-refractivity contribution in [2.75, 3.05) is 0 Å². The van der Waals surface area contributed by atoms with Crippen molar-refractivity contribution in [3.05, 3.63) is 359 Å². The van der Waals surface area contributed by atoms with E-state index in [2.05, 4.69) is 340 Å².